The molecule has 6 nitrogen and oxygen atoms in total. The number of hydrogen-bond donors (Lipinski definition) is 1. The summed E-state index contributed by atoms with van der Waals surface area (Å²) in [6.45, 7) is 2.61. The highest BCUT2D eigenvalue weighted by Gasteiger charge is 2.23. The number of nitrogens with two attached hydrogens (primary N) is 1. The molecule has 122 valence electrons. The first-order valence-electron chi connectivity index (χ1n) is 7.19. The third kappa shape index (κ3) is 3.10. The normalized spacial score (nSPS) is 14.9. The molecular weight excluding hydrogens is 321 g/mol. The number of benzene rings is 1. The number of piperazine rings is 1. The predicted molar refractivity (Wildman–Crippen MR) is 88.8 cm³/mol. The molecular formula is C15H17ClFN5O. The van der Waals surface area contributed by atoms with E-state index in [1.54, 1.807) is 19.2 Å². The molecule has 0 radical (unpaired) electrons. The van der Waals surface area contributed by atoms with Crippen LogP contribution in [0.25, 0.3) is 0 Å². The molecule has 2 N–H and O–H groups in total. The van der Waals surface area contributed by atoms with Crippen molar-refractivity contribution < 1.29 is 9.13 Å². The lowest BCUT2D eigenvalue weighted by Crippen LogP contribution is -2.47. The molecule has 1 aliphatic heterocycles. The van der Waals surface area contributed by atoms with Crippen LogP contribution in [0.4, 0.5) is 21.7 Å². The van der Waals surface area contributed by atoms with Gasteiger partial charge in [-0.1, -0.05) is 11.6 Å². The van der Waals surface area contributed by atoms with Gasteiger partial charge in [-0.25, -0.2) is 14.4 Å². The van der Waals surface area contributed by atoms with Crippen LogP contribution in [0.1, 0.15) is 0 Å². The Morgan fingerprint density at radius 3 is 2.57 bits per heavy atom. The SMILES string of the molecule is COc1ccc(F)c(N2CCN(c3ncnc(N)c3Cl)CC2)c1. The molecule has 0 amide bonds. The second kappa shape index (κ2) is 6.45. The summed E-state index contributed by atoms with van der Waals surface area (Å²) in [5, 5.41) is 0.355. The fourth-order valence-electron chi connectivity index (χ4n) is 2.62. The average molecular weight is 338 g/mol. The molecule has 0 atom stereocenters. The maximum Gasteiger partial charge on any atom is 0.153 e. The molecule has 1 aromatic heterocycles. The van der Waals surface area contributed by atoms with Crippen molar-refractivity contribution in [1.29, 1.82) is 0 Å². The Balaban J connectivity index is 1.75. The molecule has 0 unspecified atom stereocenters. The molecule has 0 saturated carbocycles. The van der Waals surface area contributed by atoms with Gasteiger partial charge in [0.2, 0.25) is 0 Å². The average Bonchev–Trinajstić information content (AvgIpc) is 2.58. The molecule has 0 bridgehead atoms. The van der Waals surface area contributed by atoms with E-state index in [-0.39, 0.29) is 11.6 Å². The van der Waals surface area contributed by atoms with E-state index in [1.165, 1.54) is 12.4 Å². The van der Waals surface area contributed by atoms with E-state index in [4.69, 9.17) is 22.1 Å². The van der Waals surface area contributed by atoms with E-state index in [0.717, 1.165) is 0 Å². The molecule has 1 saturated heterocycles. The van der Waals surface area contributed by atoms with Crippen molar-refractivity contribution in [2.24, 2.45) is 0 Å². The van der Waals surface area contributed by atoms with Gasteiger partial charge in [-0.3, -0.25) is 0 Å². The zero-order valence-corrected chi connectivity index (χ0v) is 13.4. The number of anilines is 3. The van der Waals surface area contributed by atoms with Crippen molar-refractivity contribution in [3.8, 4) is 5.75 Å². The summed E-state index contributed by atoms with van der Waals surface area (Å²) in [7, 11) is 1.57. The summed E-state index contributed by atoms with van der Waals surface area (Å²) in [4.78, 5) is 12.1. The van der Waals surface area contributed by atoms with E-state index >= 15 is 0 Å². The van der Waals surface area contributed by atoms with Gasteiger partial charge in [-0.15, -0.1) is 0 Å². The largest absolute Gasteiger partial charge is 0.497 e. The number of methoxy groups -OCH3 is 1. The summed E-state index contributed by atoms with van der Waals surface area (Å²) < 4.78 is 19.2. The minimum atomic E-state index is -0.261. The van der Waals surface area contributed by atoms with Crippen molar-refractivity contribution in [2.45, 2.75) is 0 Å². The monoisotopic (exact) mass is 337 g/mol. The Bertz CT molecular complexity index is 706. The number of nitrogens with zero attached hydrogens (tertiary/aromatic N) is 4. The van der Waals surface area contributed by atoms with Crippen molar-refractivity contribution in [1.82, 2.24) is 9.97 Å². The van der Waals surface area contributed by atoms with Crippen molar-refractivity contribution in [3.05, 3.63) is 35.4 Å². The zero-order valence-electron chi connectivity index (χ0n) is 12.7. The molecule has 23 heavy (non-hydrogen) atoms. The van der Waals surface area contributed by atoms with Crippen LogP contribution in [0.15, 0.2) is 24.5 Å². The smallest absolute Gasteiger partial charge is 0.153 e. The van der Waals surface area contributed by atoms with Gasteiger partial charge in [0.05, 0.1) is 12.8 Å². The highest BCUT2D eigenvalue weighted by Crippen LogP contribution is 2.30. The van der Waals surface area contributed by atoms with Gasteiger partial charge in [0.1, 0.15) is 28.7 Å². The van der Waals surface area contributed by atoms with E-state index in [1.807, 2.05) is 9.80 Å². The number of nitrogen functional groups attached to an aromatic ring is 1. The van der Waals surface area contributed by atoms with E-state index in [9.17, 15) is 4.39 Å². The van der Waals surface area contributed by atoms with Gasteiger partial charge in [-0.2, -0.15) is 0 Å². The Kier molecular flexibility index (Phi) is 4.38. The summed E-state index contributed by atoms with van der Waals surface area (Å²) in [6.07, 6.45) is 1.39. The third-order valence-electron chi connectivity index (χ3n) is 3.87. The summed E-state index contributed by atoms with van der Waals surface area (Å²) in [6, 6.07) is 4.74. The minimum absolute atomic E-state index is 0.261. The maximum atomic E-state index is 14.1. The molecule has 0 spiro atoms. The van der Waals surface area contributed by atoms with E-state index in [0.29, 0.717) is 48.5 Å². The standard InChI is InChI=1S/C15H17ClFN5O/c1-23-10-2-3-11(17)12(8-10)21-4-6-22(7-5-21)15-13(16)14(18)19-9-20-15/h2-3,8-9H,4-7H2,1H3,(H2,18,19,20). The number of halogens is 2. The van der Waals surface area contributed by atoms with Crippen LogP contribution in [0.3, 0.4) is 0 Å². The topological polar surface area (TPSA) is 67.5 Å². The van der Waals surface area contributed by atoms with Crippen molar-refractivity contribution in [2.75, 3.05) is 48.8 Å². The number of ether oxygens (including phenoxy) is 1. The minimum Gasteiger partial charge on any atom is -0.497 e. The Morgan fingerprint density at radius 1 is 1.17 bits per heavy atom. The highest BCUT2D eigenvalue weighted by molar-refractivity contribution is 6.35. The lowest BCUT2D eigenvalue weighted by atomic mass is 10.2. The van der Waals surface area contributed by atoms with Crippen LogP contribution in [0.5, 0.6) is 5.75 Å². The number of hydrogen-bond acceptors (Lipinski definition) is 6. The number of rotatable bonds is 3. The van der Waals surface area contributed by atoms with Gasteiger partial charge in [0.15, 0.2) is 5.82 Å². The van der Waals surface area contributed by atoms with Gasteiger partial charge in [-0.05, 0) is 12.1 Å². The third-order valence-corrected chi connectivity index (χ3v) is 4.23. The highest BCUT2D eigenvalue weighted by atomic mass is 35.5. The molecule has 2 heterocycles. The summed E-state index contributed by atoms with van der Waals surface area (Å²) in [5.41, 5.74) is 6.25. The summed E-state index contributed by atoms with van der Waals surface area (Å²) in [5.74, 6) is 1.25. The lowest BCUT2D eigenvalue weighted by molar-refractivity contribution is 0.413. The van der Waals surface area contributed by atoms with Gasteiger partial charge in [0, 0.05) is 32.2 Å². The first-order valence-corrected chi connectivity index (χ1v) is 7.57. The molecule has 2 aromatic rings. The fourth-order valence-corrected chi connectivity index (χ4v) is 2.83. The maximum absolute atomic E-state index is 14.1. The molecule has 3 rings (SSSR count). The van der Waals surface area contributed by atoms with Gasteiger partial charge >= 0.3 is 0 Å². The molecule has 8 heteroatoms. The quantitative estimate of drug-likeness (QED) is 0.926. The zero-order chi connectivity index (χ0) is 16.4. The Hall–Kier alpha value is -2.28. The van der Waals surface area contributed by atoms with E-state index in [2.05, 4.69) is 9.97 Å². The summed E-state index contributed by atoms with van der Waals surface area (Å²) >= 11 is 6.16. The Labute approximate surface area is 138 Å². The first kappa shape index (κ1) is 15.6. The van der Waals surface area contributed by atoms with Crippen LogP contribution in [-0.2, 0) is 0 Å². The molecule has 0 aliphatic carbocycles. The van der Waals surface area contributed by atoms with Gasteiger partial charge in [0.25, 0.3) is 0 Å². The van der Waals surface area contributed by atoms with Crippen molar-refractivity contribution >= 4 is 28.9 Å². The molecule has 1 aliphatic rings. The lowest BCUT2D eigenvalue weighted by Gasteiger charge is -2.37. The van der Waals surface area contributed by atoms with Crippen LogP contribution in [-0.4, -0.2) is 43.3 Å². The Morgan fingerprint density at radius 2 is 1.87 bits per heavy atom. The first-order chi connectivity index (χ1) is 11.1. The molecule has 1 aromatic carbocycles. The van der Waals surface area contributed by atoms with Crippen molar-refractivity contribution in [3.63, 3.8) is 0 Å². The molecule has 1 fully saturated rings. The second-order valence-corrected chi connectivity index (χ2v) is 5.57. The van der Waals surface area contributed by atoms with Crippen LogP contribution >= 0.6 is 11.6 Å². The predicted octanol–water partition coefficient (Wildman–Crippen LogP) is 2.19. The van der Waals surface area contributed by atoms with Crippen LogP contribution < -0.4 is 20.3 Å². The number of aromatic nitrogens is 2. The second-order valence-electron chi connectivity index (χ2n) is 5.19. The van der Waals surface area contributed by atoms with Crippen LogP contribution in [0.2, 0.25) is 5.02 Å². The van der Waals surface area contributed by atoms with Gasteiger partial charge < -0.3 is 20.3 Å². The van der Waals surface area contributed by atoms with E-state index < -0.39 is 0 Å². The van der Waals surface area contributed by atoms with Crippen LogP contribution in [0, 0.1) is 5.82 Å². The fraction of sp³-hybridized carbons (Fsp3) is 0.333.